The van der Waals surface area contributed by atoms with Gasteiger partial charge in [-0.15, -0.1) is 22.7 Å². The molecule has 0 saturated heterocycles. The van der Waals surface area contributed by atoms with E-state index in [2.05, 4.69) is 22.2 Å². The number of nitrogens with one attached hydrogen (secondary N) is 1. The molecule has 6 heteroatoms. The zero-order valence-corrected chi connectivity index (χ0v) is 13.5. The lowest BCUT2D eigenvalue weighted by atomic mass is 10.2. The first-order valence-corrected chi connectivity index (χ1v) is 9.08. The van der Waals surface area contributed by atoms with Crippen molar-refractivity contribution in [1.29, 1.82) is 0 Å². The molecule has 0 spiro atoms. The van der Waals surface area contributed by atoms with Gasteiger partial charge in [-0.1, -0.05) is 0 Å². The van der Waals surface area contributed by atoms with Crippen LogP contribution < -0.4 is 5.32 Å². The summed E-state index contributed by atoms with van der Waals surface area (Å²) in [5.74, 6) is 1.10. The Bertz CT molecular complexity index is 670. The van der Waals surface area contributed by atoms with Gasteiger partial charge in [0.2, 0.25) is 0 Å². The van der Waals surface area contributed by atoms with Gasteiger partial charge >= 0.3 is 0 Å². The summed E-state index contributed by atoms with van der Waals surface area (Å²) in [7, 11) is 0. The second-order valence-corrected chi connectivity index (χ2v) is 8.06. The summed E-state index contributed by atoms with van der Waals surface area (Å²) in [4.78, 5) is 23.5. The minimum atomic E-state index is 0.0316. The minimum Gasteiger partial charge on any atom is -0.342 e. The van der Waals surface area contributed by atoms with Gasteiger partial charge in [-0.2, -0.15) is 0 Å². The molecule has 1 unspecified atom stereocenters. The number of hydrogen-bond acceptors (Lipinski definition) is 5. The number of aryl methyl sites for hydroxylation is 1. The maximum atomic E-state index is 12.6. The van der Waals surface area contributed by atoms with Gasteiger partial charge in [0, 0.05) is 17.0 Å². The molecular formula is C15H17N3OS2. The van der Waals surface area contributed by atoms with Crippen molar-refractivity contribution in [2.75, 3.05) is 0 Å². The lowest BCUT2D eigenvalue weighted by molar-refractivity contribution is 0.0934. The number of aromatic nitrogens is 2. The van der Waals surface area contributed by atoms with Crippen LogP contribution in [0.1, 0.15) is 62.9 Å². The number of hydrogen-bond donors (Lipinski definition) is 1. The van der Waals surface area contributed by atoms with Crippen LogP contribution in [-0.2, 0) is 0 Å². The van der Waals surface area contributed by atoms with Gasteiger partial charge in [0.15, 0.2) is 0 Å². The van der Waals surface area contributed by atoms with Crippen molar-refractivity contribution >= 4 is 28.6 Å². The van der Waals surface area contributed by atoms with E-state index in [1.165, 1.54) is 41.9 Å². The van der Waals surface area contributed by atoms with Crippen molar-refractivity contribution in [2.24, 2.45) is 5.92 Å². The third-order valence-electron chi connectivity index (χ3n) is 4.05. The fraction of sp³-hybridized carbons (Fsp3) is 0.533. The van der Waals surface area contributed by atoms with E-state index in [4.69, 9.17) is 0 Å². The molecule has 0 bridgehead atoms. The number of thiazole rings is 2. The highest BCUT2D eigenvalue weighted by atomic mass is 32.1. The lowest BCUT2D eigenvalue weighted by Gasteiger charge is -2.15. The van der Waals surface area contributed by atoms with Crippen molar-refractivity contribution in [1.82, 2.24) is 15.3 Å². The Balaban J connectivity index is 1.55. The predicted octanol–water partition coefficient (Wildman–Crippen LogP) is 3.67. The van der Waals surface area contributed by atoms with Gasteiger partial charge in [0.1, 0.15) is 9.88 Å². The number of carbonyl (C=O) groups excluding carboxylic acids is 1. The van der Waals surface area contributed by atoms with Crippen molar-refractivity contribution in [2.45, 2.75) is 44.6 Å². The monoisotopic (exact) mass is 319 g/mol. The predicted molar refractivity (Wildman–Crippen MR) is 83.9 cm³/mol. The fourth-order valence-corrected chi connectivity index (χ4v) is 4.30. The summed E-state index contributed by atoms with van der Waals surface area (Å²) in [5, 5.41) is 4.26. The summed E-state index contributed by atoms with van der Waals surface area (Å²) >= 11 is 3.15. The van der Waals surface area contributed by atoms with Crippen LogP contribution in [0.5, 0.6) is 0 Å². The molecule has 0 aliphatic heterocycles. The maximum Gasteiger partial charge on any atom is 0.263 e. The van der Waals surface area contributed by atoms with Crippen LogP contribution >= 0.6 is 22.7 Å². The minimum absolute atomic E-state index is 0.0316. The maximum absolute atomic E-state index is 12.6. The van der Waals surface area contributed by atoms with E-state index in [-0.39, 0.29) is 11.9 Å². The van der Waals surface area contributed by atoms with E-state index in [1.54, 1.807) is 16.8 Å². The van der Waals surface area contributed by atoms with Gasteiger partial charge < -0.3 is 5.32 Å². The quantitative estimate of drug-likeness (QED) is 0.915. The zero-order chi connectivity index (χ0) is 14.4. The molecule has 2 aromatic heterocycles. The fourth-order valence-electron chi connectivity index (χ4n) is 2.61. The highest BCUT2D eigenvalue weighted by molar-refractivity contribution is 7.12. The van der Waals surface area contributed by atoms with Crippen LogP contribution in [0.15, 0.2) is 11.7 Å². The molecule has 2 aliphatic carbocycles. The second kappa shape index (κ2) is 5.18. The van der Waals surface area contributed by atoms with Crippen LogP contribution in [-0.4, -0.2) is 15.9 Å². The number of amides is 1. The number of carbonyl (C=O) groups is 1. The molecule has 2 saturated carbocycles. The first-order chi connectivity index (χ1) is 10.2. The number of nitrogens with zero attached hydrogens (tertiary/aromatic N) is 2. The van der Waals surface area contributed by atoms with Crippen LogP contribution in [0.3, 0.4) is 0 Å². The third-order valence-corrected chi connectivity index (χ3v) is 5.89. The smallest absolute Gasteiger partial charge is 0.263 e. The van der Waals surface area contributed by atoms with E-state index in [0.717, 1.165) is 15.6 Å². The van der Waals surface area contributed by atoms with E-state index >= 15 is 0 Å². The zero-order valence-electron chi connectivity index (χ0n) is 11.8. The van der Waals surface area contributed by atoms with Gasteiger partial charge in [-0.25, -0.2) is 9.97 Å². The Morgan fingerprint density at radius 3 is 2.76 bits per heavy atom. The average molecular weight is 319 g/mol. The highest BCUT2D eigenvalue weighted by Gasteiger charge is 2.37. The highest BCUT2D eigenvalue weighted by Crippen LogP contribution is 2.44. The normalized spacial score (nSPS) is 19.5. The standard InChI is InChI=1S/C15H17N3OS2/c1-8-6-16-15(21-8)12(10-4-5-10)18-14(19)13-11(9-2-3-9)17-7-20-13/h6-7,9-10,12H,2-5H2,1H3,(H,18,19). The molecule has 2 aliphatic rings. The largest absolute Gasteiger partial charge is 0.342 e. The molecule has 2 heterocycles. The molecule has 4 rings (SSSR count). The molecular weight excluding hydrogens is 302 g/mol. The van der Waals surface area contributed by atoms with Crippen LogP contribution in [0, 0.1) is 12.8 Å². The molecule has 2 aromatic rings. The van der Waals surface area contributed by atoms with Crippen molar-refractivity contribution in [3.63, 3.8) is 0 Å². The van der Waals surface area contributed by atoms with Gasteiger partial charge in [-0.05, 0) is 38.5 Å². The summed E-state index contributed by atoms with van der Waals surface area (Å²) in [6.07, 6.45) is 6.59. The Hall–Kier alpha value is -1.27. The van der Waals surface area contributed by atoms with E-state index < -0.39 is 0 Å². The first-order valence-electron chi connectivity index (χ1n) is 7.39. The third kappa shape index (κ3) is 2.74. The van der Waals surface area contributed by atoms with Gasteiger partial charge in [0.05, 0.1) is 17.2 Å². The summed E-state index contributed by atoms with van der Waals surface area (Å²) in [6, 6.07) is 0.0744. The van der Waals surface area contributed by atoms with E-state index in [1.807, 2.05) is 6.20 Å². The molecule has 110 valence electrons. The van der Waals surface area contributed by atoms with E-state index in [0.29, 0.717) is 11.8 Å². The lowest BCUT2D eigenvalue weighted by Crippen LogP contribution is -2.29. The van der Waals surface area contributed by atoms with Gasteiger partial charge in [-0.3, -0.25) is 4.79 Å². The summed E-state index contributed by atoms with van der Waals surface area (Å²) < 4.78 is 0. The molecule has 1 N–H and O–H groups in total. The molecule has 2 fully saturated rings. The van der Waals surface area contributed by atoms with Crippen LogP contribution in [0.2, 0.25) is 0 Å². The summed E-state index contributed by atoms with van der Waals surface area (Å²) in [6.45, 7) is 2.06. The second-order valence-electron chi connectivity index (χ2n) is 5.94. The molecule has 1 amide bonds. The molecule has 1 atom stereocenters. The molecule has 0 radical (unpaired) electrons. The molecule has 21 heavy (non-hydrogen) atoms. The number of rotatable bonds is 5. The van der Waals surface area contributed by atoms with Crippen molar-refractivity contribution < 1.29 is 4.79 Å². The van der Waals surface area contributed by atoms with Crippen molar-refractivity contribution in [3.8, 4) is 0 Å². The molecule has 0 aromatic carbocycles. The Kier molecular flexibility index (Phi) is 3.30. The first kappa shape index (κ1) is 13.4. The van der Waals surface area contributed by atoms with E-state index in [9.17, 15) is 4.79 Å². The Morgan fingerprint density at radius 2 is 2.14 bits per heavy atom. The Labute approximate surface area is 131 Å². The van der Waals surface area contributed by atoms with Crippen molar-refractivity contribution in [3.05, 3.63) is 32.2 Å². The SMILES string of the molecule is Cc1cnc(C(NC(=O)c2scnc2C2CC2)C2CC2)s1. The average Bonchev–Trinajstić information content (AvgIpc) is 3.40. The summed E-state index contributed by atoms with van der Waals surface area (Å²) in [5.41, 5.74) is 2.80. The molecule has 4 nitrogen and oxygen atoms in total. The van der Waals surface area contributed by atoms with Gasteiger partial charge in [0.25, 0.3) is 5.91 Å². The van der Waals surface area contributed by atoms with Crippen LogP contribution in [0.25, 0.3) is 0 Å². The van der Waals surface area contributed by atoms with Crippen LogP contribution in [0.4, 0.5) is 0 Å². The topological polar surface area (TPSA) is 54.9 Å². The Morgan fingerprint density at radius 1 is 1.33 bits per heavy atom.